The van der Waals surface area contributed by atoms with Gasteiger partial charge in [-0.05, 0) is 63.9 Å². The molecule has 1 unspecified atom stereocenters. The molecule has 2 aromatic rings. The first kappa shape index (κ1) is 21.2. The summed E-state index contributed by atoms with van der Waals surface area (Å²) in [6.45, 7) is 7.25. The van der Waals surface area contributed by atoms with Gasteiger partial charge in [0.25, 0.3) is 0 Å². The van der Waals surface area contributed by atoms with Crippen LogP contribution < -0.4 is 5.32 Å². The summed E-state index contributed by atoms with van der Waals surface area (Å²) in [7, 11) is 0. The van der Waals surface area contributed by atoms with E-state index in [-0.39, 0.29) is 11.1 Å². The number of aliphatic imine (C=N–C) groups is 1. The fourth-order valence-corrected chi connectivity index (χ4v) is 4.09. The highest BCUT2D eigenvalue weighted by Gasteiger charge is 2.32. The number of alkyl carbamates (subject to hydrolysis) is 1. The van der Waals surface area contributed by atoms with Crippen molar-refractivity contribution in [2.45, 2.75) is 45.3 Å². The molecule has 5 nitrogen and oxygen atoms in total. The Labute approximate surface area is 173 Å². The van der Waals surface area contributed by atoms with Crippen molar-refractivity contribution in [1.82, 2.24) is 10.3 Å². The second kappa shape index (κ2) is 8.10. The molecule has 1 aromatic carbocycles. The van der Waals surface area contributed by atoms with Crippen molar-refractivity contribution < 1.29 is 18.3 Å². The predicted octanol–water partition coefficient (Wildman–Crippen LogP) is 5.26. The molecule has 1 aliphatic rings. The van der Waals surface area contributed by atoms with Gasteiger partial charge >= 0.3 is 6.09 Å². The summed E-state index contributed by atoms with van der Waals surface area (Å²) in [6.07, 6.45) is 1.42. The van der Waals surface area contributed by atoms with Gasteiger partial charge in [-0.25, -0.2) is 14.2 Å². The molecule has 1 atom stereocenters. The number of nitrogens with one attached hydrogen (secondary N) is 1. The number of carbonyl (C=O) groups excluding carboxylic acids is 1. The highest BCUT2D eigenvalue weighted by molar-refractivity contribution is 8.13. The topological polar surface area (TPSA) is 63.6 Å². The van der Waals surface area contributed by atoms with Crippen molar-refractivity contribution in [3.05, 3.63) is 53.9 Å². The molecule has 0 spiro atoms. The fourth-order valence-electron chi connectivity index (χ4n) is 2.98. The number of nitrogens with zero attached hydrogens (tertiary/aromatic N) is 2. The van der Waals surface area contributed by atoms with Crippen LogP contribution in [0.2, 0.25) is 0 Å². The van der Waals surface area contributed by atoms with E-state index in [1.54, 1.807) is 39.0 Å². The Hall–Kier alpha value is -2.48. The minimum atomic E-state index is -0.733. The summed E-state index contributed by atoms with van der Waals surface area (Å²) in [4.78, 5) is 20.4. The zero-order chi connectivity index (χ0) is 21.2. The number of benzene rings is 1. The van der Waals surface area contributed by atoms with Crippen LogP contribution in [0, 0.1) is 11.8 Å². The smallest absolute Gasteiger partial charge is 0.413 e. The summed E-state index contributed by atoms with van der Waals surface area (Å²) < 4.78 is 33.8. The Balaban J connectivity index is 1.92. The van der Waals surface area contributed by atoms with Crippen LogP contribution in [0.25, 0.3) is 11.1 Å². The largest absolute Gasteiger partial charge is 0.444 e. The molecular weight excluding hydrogens is 396 g/mol. The number of ether oxygens (including phenoxy) is 1. The predicted molar refractivity (Wildman–Crippen MR) is 111 cm³/mol. The minimum absolute atomic E-state index is 0.0942. The molecule has 1 N–H and O–H groups in total. The number of pyridine rings is 1. The average Bonchev–Trinajstić information content (AvgIpc) is 2.61. The first-order chi connectivity index (χ1) is 13.6. The van der Waals surface area contributed by atoms with E-state index in [0.717, 1.165) is 5.56 Å². The number of amidine groups is 1. The zero-order valence-electron chi connectivity index (χ0n) is 16.8. The molecule has 0 bridgehead atoms. The van der Waals surface area contributed by atoms with Crippen molar-refractivity contribution in [2.24, 2.45) is 4.99 Å². The van der Waals surface area contributed by atoms with Crippen molar-refractivity contribution in [2.75, 3.05) is 5.75 Å². The zero-order valence-corrected chi connectivity index (χ0v) is 17.6. The van der Waals surface area contributed by atoms with Gasteiger partial charge in [0, 0.05) is 23.1 Å². The minimum Gasteiger partial charge on any atom is -0.444 e. The van der Waals surface area contributed by atoms with E-state index in [0.29, 0.717) is 17.3 Å². The van der Waals surface area contributed by atoms with Crippen molar-refractivity contribution in [1.29, 1.82) is 0 Å². The van der Waals surface area contributed by atoms with E-state index >= 15 is 0 Å². The summed E-state index contributed by atoms with van der Waals surface area (Å²) in [5.41, 5.74) is -0.369. The number of aromatic nitrogens is 1. The SMILES string of the molecule is CC(C)(C)OC(=O)NC1=NC(C)(c2ccc(F)c(-c3cccnc3F)c2)CCS1. The molecule has 154 valence electrons. The molecule has 0 fully saturated rings. The Kier molecular flexibility index (Phi) is 5.93. The van der Waals surface area contributed by atoms with Crippen LogP contribution in [0.15, 0.2) is 41.5 Å². The lowest BCUT2D eigenvalue weighted by molar-refractivity contribution is 0.0564. The first-order valence-corrected chi connectivity index (χ1v) is 10.2. The Morgan fingerprint density at radius 2 is 2.00 bits per heavy atom. The van der Waals surface area contributed by atoms with Crippen LogP contribution in [0.4, 0.5) is 13.6 Å². The lowest BCUT2D eigenvalue weighted by Gasteiger charge is -2.31. The molecule has 1 aromatic heterocycles. The number of hydrogen-bond donors (Lipinski definition) is 1. The van der Waals surface area contributed by atoms with Crippen LogP contribution in [0.3, 0.4) is 0 Å². The van der Waals surface area contributed by atoms with Gasteiger partial charge in [0.15, 0.2) is 5.17 Å². The number of hydrogen-bond acceptors (Lipinski definition) is 5. The van der Waals surface area contributed by atoms with Gasteiger partial charge in [-0.1, -0.05) is 17.8 Å². The molecule has 1 amide bonds. The monoisotopic (exact) mass is 419 g/mol. The molecule has 2 heterocycles. The first-order valence-electron chi connectivity index (χ1n) is 9.21. The molecule has 3 rings (SSSR count). The third-order valence-corrected chi connectivity index (χ3v) is 5.30. The molecular formula is C21H23F2N3O2S. The van der Waals surface area contributed by atoms with Crippen LogP contribution in [0.5, 0.6) is 0 Å². The molecule has 0 saturated heterocycles. The van der Waals surface area contributed by atoms with Crippen LogP contribution >= 0.6 is 11.8 Å². The van der Waals surface area contributed by atoms with E-state index in [2.05, 4.69) is 15.3 Å². The van der Waals surface area contributed by atoms with E-state index in [1.807, 2.05) is 6.92 Å². The Morgan fingerprint density at radius 3 is 2.69 bits per heavy atom. The fraction of sp³-hybridized carbons (Fsp3) is 0.381. The van der Waals surface area contributed by atoms with Gasteiger partial charge in [-0.2, -0.15) is 4.39 Å². The molecule has 0 saturated carbocycles. The number of rotatable bonds is 2. The van der Waals surface area contributed by atoms with Gasteiger partial charge in [0.1, 0.15) is 11.4 Å². The molecule has 29 heavy (non-hydrogen) atoms. The van der Waals surface area contributed by atoms with Crippen LogP contribution in [0.1, 0.15) is 39.7 Å². The quantitative estimate of drug-likeness (QED) is 0.675. The molecule has 8 heteroatoms. The van der Waals surface area contributed by atoms with Crippen LogP contribution in [-0.2, 0) is 10.3 Å². The summed E-state index contributed by atoms with van der Waals surface area (Å²) in [5.74, 6) is -0.562. The lowest BCUT2D eigenvalue weighted by atomic mass is 9.88. The maximum absolute atomic E-state index is 14.4. The Bertz CT molecular complexity index is 959. The maximum Gasteiger partial charge on any atom is 0.413 e. The second-order valence-electron chi connectivity index (χ2n) is 7.95. The third-order valence-electron chi connectivity index (χ3n) is 4.42. The summed E-state index contributed by atoms with van der Waals surface area (Å²) in [5, 5.41) is 3.11. The highest BCUT2D eigenvalue weighted by atomic mass is 32.2. The Morgan fingerprint density at radius 1 is 1.24 bits per heavy atom. The molecule has 0 radical (unpaired) electrons. The second-order valence-corrected chi connectivity index (χ2v) is 9.04. The number of amides is 1. The maximum atomic E-state index is 14.4. The summed E-state index contributed by atoms with van der Waals surface area (Å²) in [6, 6.07) is 7.59. The van der Waals surface area contributed by atoms with Gasteiger partial charge in [0.2, 0.25) is 5.95 Å². The lowest BCUT2D eigenvalue weighted by Crippen LogP contribution is -2.38. The number of thioether (sulfide) groups is 1. The normalized spacial score (nSPS) is 19.4. The number of carbonyl (C=O) groups is 1. The van der Waals surface area contributed by atoms with Crippen molar-refractivity contribution >= 4 is 23.0 Å². The number of halogens is 2. The van der Waals surface area contributed by atoms with Crippen LogP contribution in [-0.4, -0.2) is 27.6 Å². The van der Waals surface area contributed by atoms with E-state index in [1.165, 1.54) is 30.1 Å². The van der Waals surface area contributed by atoms with Gasteiger partial charge in [-0.3, -0.25) is 10.3 Å². The third kappa shape index (κ3) is 5.12. The van der Waals surface area contributed by atoms with E-state index < -0.39 is 29.0 Å². The molecule has 0 aliphatic carbocycles. The van der Waals surface area contributed by atoms with Gasteiger partial charge < -0.3 is 4.74 Å². The van der Waals surface area contributed by atoms with Gasteiger partial charge in [-0.15, -0.1) is 0 Å². The average molecular weight is 419 g/mol. The van der Waals surface area contributed by atoms with Gasteiger partial charge in [0.05, 0.1) is 5.54 Å². The van der Waals surface area contributed by atoms with Crippen molar-refractivity contribution in [3.8, 4) is 11.1 Å². The van der Waals surface area contributed by atoms with E-state index in [9.17, 15) is 13.6 Å². The highest BCUT2D eigenvalue weighted by Crippen LogP contribution is 2.38. The van der Waals surface area contributed by atoms with Crippen molar-refractivity contribution in [3.63, 3.8) is 0 Å². The standard InChI is InChI=1S/C21H23F2N3O2S/c1-20(2,3)28-19(27)25-18-26-21(4,9-11-29-18)13-7-8-16(22)15(12-13)14-6-5-10-24-17(14)23/h5-8,10,12H,9,11H2,1-4H3,(H,25,26,27). The summed E-state index contributed by atoms with van der Waals surface area (Å²) >= 11 is 1.41. The molecule has 1 aliphatic heterocycles. The van der Waals surface area contributed by atoms with E-state index in [4.69, 9.17) is 4.74 Å².